The fourth-order valence-corrected chi connectivity index (χ4v) is 4.33. The molecule has 1 aromatic carbocycles. The van der Waals surface area contributed by atoms with Crippen LogP contribution in [0.4, 0.5) is 17.3 Å². The number of carbonyl (C=O) groups is 1. The van der Waals surface area contributed by atoms with Gasteiger partial charge in [0, 0.05) is 24.4 Å². The van der Waals surface area contributed by atoms with Gasteiger partial charge in [-0.2, -0.15) is 5.26 Å². The Balaban J connectivity index is 1.70. The van der Waals surface area contributed by atoms with Crippen LogP contribution >= 0.6 is 11.8 Å². The van der Waals surface area contributed by atoms with Crippen molar-refractivity contribution >= 4 is 40.6 Å². The molecule has 1 fully saturated rings. The van der Waals surface area contributed by atoms with Crippen LogP contribution in [0.2, 0.25) is 0 Å². The normalized spacial score (nSPS) is 19.3. The van der Waals surface area contributed by atoms with Crippen LogP contribution in [0.3, 0.4) is 0 Å². The van der Waals surface area contributed by atoms with E-state index in [1.54, 1.807) is 18.0 Å². The molecule has 3 N–H and O–H groups in total. The first-order chi connectivity index (χ1) is 14.1. The fraction of sp³-hybridized carbons (Fsp3) is 0.300. The van der Waals surface area contributed by atoms with E-state index in [9.17, 15) is 10.1 Å². The lowest BCUT2D eigenvalue weighted by atomic mass is 10.1. The summed E-state index contributed by atoms with van der Waals surface area (Å²) in [5, 5.41) is 19.2. The molecule has 0 unspecified atom stereocenters. The summed E-state index contributed by atoms with van der Waals surface area (Å²) in [7, 11) is 0. The van der Waals surface area contributed by atoms with Crippen molar-refractivity contribution in [3.05, 3.63) is 47.5 Å². The average Bonchev–Trinajstić information content (AvgIpc) is 3.38. The molecule has 0 spiro atoms. The Morgan fingerprint density at radius 2 is 2.28 bits per heavy atom. The maximum absolute atomic E-state index is 12.4. The number of hydrogen-bond donors (Lipinski definition) is 3. The molecule has 1 aromatic heterocycles. The molecule has 1 atom stereocenters. The lowest BCUT2D eigenvalue weighted by Crippen LogP contribution is -2.38. The van der Waals surface area contributed by atoms with Crippen molar-refractivity contribution in [3.63, 3.8) is 0 Å². The van der Waals surface area contributed by atoms with Crippen LogP contribution in [0.5, 0.6) is 0 Å². The van der Waals surface area contributed by atoms with Crippen LogP contribution in [0.1, 0.15) is 18.2 Å². The van der Waals surface area contributed by atoms with Gasteiger partial charge in [0.15, 0.2) is 0 Å². The van der Waals surface area contributed by atoms with Gasteiger partial charge in [0.05, 0.1) is 23.1 Å². The molecule has 1 amide bonds. The predicted octanol–water partition coefficient (Wildman–Crippen LogP) is 2.53. The summed E-state index contributed by atoms with van der Waals surface area (Å²) in [5.74, 6) is 2.18. The molecule has 0 bridgehead atoms. The van der Waals surface area contributed by atoms with E-state index in [1.807, 2.05) is 43.0 Å². The number of allylic oxidation sites excluding steroid dienone is 1. The molecule has 9 heteroatoms. The van der Waals surface area contributed by atoms with Crippen LogP contribution < -0.4 is 20.9 Å². The van der Waals surface area contributed by atoms with E-state index in [0.717, 1.165) is 22.8 Å². The lowest BCUT2D eigenvalue weighted by molar-refractivity contribution is -0.117. The highest BCUT2D eigenvalue weighted by atomic mass is 32.2. The Bertz CT molecular complexity index is 1020. The second-order valence-electron chi connectivity index (χ2n) is 6.71. The maximum atomic E-state index is 12.4. The van der Waals surface area contributed by atoms with E-state index in [2.05, 4.69) is 32.0 Å². The second-order valence-corrected chi connectivity index (χ2v) is 7.74. The molecule has 0 radical (unpaired) electrons. The van der Waals surface area contributed by atoms with Crippen LogP contribution in [0.15, 0.2) is 36.3 Å². The van der Waals surface area contributed by atoms with Crippen molar-refractivity contribution in [1.82, 2.24) is 15.3 Å². The summed E-state index contributed by atoms with van der Waals surface area (Å²) in [6.07, 6.45) is 1.63. The van der Waals surface area contributed by atoms with E-state index in [4.69, 9.17) is 0 Å². The summed E-state index contributed by atoms with van der Waals surface area (Å²) in [6.45, 7) is 4.58. The van der Waals surface area contributed by atoms with Crippen molar-refractivity contribution in [3.8, 4) is 6.07 Å². The molecule has 2 aromatic rings. The topological polar surface area (TPSA) is 106 Å². The number of nitrogens with one attached hydrogen (secondary N) is 3. The molecule has 2 aliphatic heterocycles. The van der Waals surface area contributed by atoms with Gasteiger partial charge in [-0.15, -0.1) is 11.8 Å². The molecule has 0 saturated carbocycles. The number of carbonyl (C=O) groups excluding carboxylic acids is 1. The third-order valence-electron chi connectivity index (χ3n) is 4.86. The average molecular weight is 408 g/mol. The van der Waals surface area contributed by atoms with Crippen molar-refractivity contribution in [2.75, 3.05) is 33.7 Å². The Morgan fingerprint density at radius 3 is 3.00 bits per heavy atom. The molecule has 148 valence electrons. The number of nitriles is 1. The number of anilines is 3. The van der Waals surface area contributed by atoms with E-state index in [0.29, 0.717) is 29.4 Å². The lowest BCUT2D eigenvalue weighted by Gasteiger charge is -2.19. The molecule has 4 rings (SSSR count). The number of nitrogens with zero attached hydrogens (tertiary/aromatic N) is 4. The number of aromatic nitrogens is 2. The summed E-state index contributed by atoms with van der Waals surface area (Å²) in [4.78, 5) is 23.2. The zero-order chi connectivity index (χ0) is 20.4. The zero-order valence-electron chi connectivity index (χ0n) is 16.2. The minimum absolute atomic E-state index is 0.169. The first kappa shape index (κ1) is 19.2. The van der Waals surface area contributed by atoms with Crippen LogP contribution in [0, 0.1) is 18.3 Å². The first-order valence-electron chi connectivity index (χ1n) is 9.36. The summed E-state index contributed by atoms with van der Waals surface area (Å²) < 4.78 is 0. The standard InChI is InChI=1S/C20H21N7OS/c1-3-27-16-7-5-4-6-14(16)24-18(27)13(8-21)17-12(2)9-22-20(25-17)26-19(28)15-10-29-11-23-15/h4-7,9,15,23-24H,3,10-11H2,1-2H3,(H,22,25,26,28)/b18-13+/t15-/m1/s1. The van der Waals surface area contributed by atoms with E-state index in [-0.39, 0.29) is 17.9 Å². The number of benzene rings is 1. The molecule has 29 heavy (non-hydrogen) atoms. The van der Waals surface area contributed by atoms with Gasteiger partial charge in [-0.25, -0.2) is 9.97 Å². The molecule has 1 saturated heterocycles. The number of rotatable bonds is 4. The number of fused-ring (bicyclic) bond motifs is 1. The number of aryl methyl sites for hydroxylation is 1. The minimum Gasteiger partial charge on any atom is -0.339 e. The quantitative estimate of drug-likeness (QED) is 0.664. The largest absolute Gasteiger partial charge is 0.339 e. The summed E-state index contributed by atoms with van der Waals surface area (Å²) >= 11 is 1.67. The minimum atomic E-state index is -0.260. The smallest absolute Gasteiger partial charge is 0.244 e. The Labute approximate surface area is 173 Å². The van der Waals surface area contributed by atoms with Crippen molar-refractivity contribution in [2.45, 2.75) is 19.9 Å². The fourth-order valence-electron chi connectivity index (χ4n) is 3.39. The van der Waals surface area contributed by atoms with Gasteiger partial charge in [0.1, 0.15) is 17.5 Å². The van der Waals surface area contributed by atoms with Crippen LogP contribution in [-0.4, -0.2) is 40.1 Å². The molecule has 8 nitrogen and oxygen atoms in total. The number of hydrogen-bond acceptors (Lipinski definition) is 8. The van der Waals surface area contributed by atoms with E-state index in [1.165, 1.54) is 0 Å². The Hall–Kier alpha value is -3.09. The van der Waals surface area contributed by atoms with Crippen molar-refractivity contribution in [1.29, 1.82) is 5.26 Å². The van der Waals surface area contributed by atoms with Crippen LogP contribution in [0.25, 0.3) is 5.57 Å². The van der Waals surface area contributed by atoms with Crippen molar-refractivity contribution in [2.24, 2.45) is 0 Å². The Morgan fingerprint density at radius 1 is 1.45 bits per heavy atom. The van der Waals surface area contributed by atoms with Crippen LogP contribution in [-0.2, 0) is 4.79 Å². The third-order valence-corrected chi connectivity index (χ3v) is 5.80. The number of amides is 1. The SMILES string of the molecule is CCN1/C(=C(\C#N)c2nc(NC(=O)[C@H]3CSCN3)ncc2C)Nc2ccccc21. The van der Waals surface area contributed by atoms with Gasteiger partial charge < -0.3 is 10.2 Å². The highest BCUT2D eigenvalue weighted by Crippen LogP contribution is 2.38. The van der Waals surface area contributed by atoms with Gasteiger partial charge >= 0.3 is 0 Å². The highest BCUT2D eigenvalue weighted by molar-refractivity contribution is 7.99. The first-order valence-corrected chi connectivity index (χ1v) is 10.5. The Kier molecular flexibility index (Phi) is 5.38. The number of thioether (sulfide) groups is 1. The van der Waals surface area contributed by atoms with Gasteiger partial charge in [0.25, 0.3) is 0 Å². The van der Waals surface area contributed by atoms with E-state index >= 15 is 0 Å². The highest BCUT2D eigenvalue weighted by Gasteiger charge is 2.28. The molecular formula is C20H21N7OS. The molecule has 2 aliphatic rings. The monoisotopic (exact) mass is 407 g/mol. The number of para-hydroxylation sites is 2. The zero-order valence-corrected chi connectivity index (χ0v) is 17.0. The third kappa shape index (κ3) is 3.64. The maximum Gasteiger partial charge on any atom is 0.244 e. The predicted molar refractivity (Wildman–Crippen MR) is 115 cm³/mol. The molecule has 0 aliphatic carbocycles. The summed E-state index contributed by atoms with van der Waals surface area (Å²) in [5.41, 5.74) is 3.63. The van der Waals surface area contributed by atoms with Gasteiger partial charge in [-0.3, -0.25) is 15.4 Å². The van der Waals surface area contributed by atoms with Gasteiger partial charge in [-0.1, -0.05) is 12.1 Å². The van der Waals surface area contributed by atoms with Gasteiger partial charge in [0.2, 0.25) is 11.9 Å². The molecular weight excluding hydrogens is 386 g/mol. The molecule has 3 heterocycles. The van der Waals surface area contributed by atoms with Gasteiger partial charge in [-0.05, 0) is 31.5 Å². The second kappa shape index (κ2) is 8.11. The van der Waals surface area contributed by atoms with E-state index < -0.39 is 0 Å². The van der Waals surface area contributed by atoms with Crippen molar-refractivity contribution < 1.29 is 4.79 Å². The summed E-state index contributed by atoms with van der Waals surface area (Å²) in [6, 6.07) is 9.94.